The van der Waals surface area contributed by atoms with Gasteiger partial charge in [-0.05, 0) is 48.7 Å². The van der Waals surface area contributed by atoms with Crippen LogP contribution in [0.1, 0.15) is 16.8 Å². The van der Waals surface area contributed by atoms with Gasteiger partial charge >= 0.3 is 0 Å². The zero-order valence-electron chi connectivity index (χ0n) is 13.7. The quantitative estimate of drug-likeness (QED) is 0.901. The van der Waals surface area contributed by atoms with Crippen LogP contribution >= 0.6 is 11.6 Å². The Hall–Kier alpha value is -2.20. The maximum atomic E-state index is 12.4. The van der Waals surface area contributed by atoms with Gasteiger partial charge in [-0.25, -0.2) is 0 Å². The molecule has 0 aliphatic carbocycles. The Bertz CT molecular complexity index is 703. The molecular weight excluding hydrogens is 324 g/mol. The number of rotatable bonds is 5. The van der Waals surface area contributed by atoms with Gasteiger partial charge in [-0.3, -0.25) is 4.79 Å². The Morgan fingerprint density at radius 1 is 1.25 bits per heavy atom. The summed E-state index contributed by atoms with van der Waals surface area (Å²) in [5.74, 6) is 0.959. The fourth-order valence-electron chi connectivity index (χ4n) is 3.05. The maximum Gasteiger partial charge on any atom is 0.255 e. The second-order valence-electron chi connectivity index (χ2n) is 5.99. The van der Waals surface area contributed by atoms with Crippen LogP contribution in [0.2, 0.25) is 5.02 Å². The van der Waals surface area contributed by atoms with E-state index in [-0.39, 0.29) is 5.91 Å². The number of carbonyl (C=O) groups is 1. The van der Waals surface area contributed by atoms with Gasteiger partial charge in [0.15, 0.2) is 0 Å². The summed E-state index contributed by atoms with van der Waals surface area (Å²) in [6.45, 7) is 2.60. The highest BCUT2D eigenvalue weighted by Crippen LogP contribution is 2.25. The third kappa shape index (κ3) is 3.82. The van der Waals surface area contributed by atoms with E-state index in [0.717, 1.165) is 24.5 Å². The van der Waals surface area contributed by atoms with Crippen molar-refractivity contribution in [3.63, 3.8) is 0 Å². The molecule has 1 unspecified atom stereocenters. The fourth-order valence-corrected chi connectivity index (χ4v) is 3.18. The van der Waals surface area contributed by atoms with E-state index in [1.807, 2.05) is 36.4 Å². The topological polar surface area (TPSA) is 41.6 Å². The van der Waals surface area contributed by atoms with Gasteiger partial charge in [-0.1, -0.05) is 23.7 Å². The summed E-state index contributed by atoms with van der Waals surface area (Å²) >= 11 is 5.94. The largest absolute Gasteiger partial charge is 0.496 e. The monoisotopic (exact) mass is 344 g/mol. The van der Waals surface area contributed by atoms with Crippen molar-refractivity contribution in [2.45, 2.75) is 6.42 Å². The number of amides is 1. The molecule has 4 nitrogen and oxygen atoms in total. The summed E-state index contributed by atoms with van der Waals surface area (Å²) in [5.41, 5.74) is 1.76. The fraction of sp³-hybridized carbons (Fsp3) is 0.316. The van der Waals surface area contributed by atoms with Crippen LogP contribution in [0.25, 0.3) is 0 Å². The molecule has 0 spiro atoms. The summed E-state index contributed by atoms with van der Waals surface area (Å²) in [5, 5.41) is 3.78. The SMILES string of the molecule is COc1ccccc1C(=O)NCC1CCN(c2ccc(Cl)cc2)C1. The smallest absolute Gasteiger partial charge is 0.255 e. The Morgan fingerprint density at radius 3 is 2.75 bits per heavy atom. The van der Waals surface area contributed by atoms with Crippen LogP contribution in [0.3, 0.4) is 0 Å². The van der Waals surface area contributed by atoms with Crippen molar-refractivity contribution in [3.8, 4) is 5.75 Å². The second-order valence-corrected chi connectivity index (χ2v) is 6.42. The molecule has 1 aliphatic heterocycles. The van der Waals surface area contributed by atoms with E-state index in [4.69, 9.17) is 16.3 Å². The highest BCUT2D eigenvalue weighted by atomic mass is 35.5. The zero-order valence-corrected chi connectivity index (χ0v) is 14.4. The van der Waals surface area contributed by atoms with E-state index in [1.165, 1.54) is 5.69 Å². The van der Waals surface area contributed by atoms with E-state index in [1.54, 1.807) is 19.2 Å². The Morgan fingerprint density at radius 2 is 2.00 bits per heavy atom. The zero-order chi connectivity index (χ0) is 16.9. The van der Waals surface area contributed by atoms with Crippen LogP contribution in [-0.2, 0) is 0 Å². The highest BCUT2D eigenvalue weighted by Gasteiger charge is 2.23. The van der Waals surface area contributed by atoms with E-state index >= 15 is 0 Å². The number of carbonyl (C=O) groups excluding carboxylic acids is 1. The number of nitrogens with one attached hydrogen (secondary N) is 1. The van der Waals surface area contributed by atoms with Gasteiger partial charge in [0.05, 0.1) is 12.7 Å². The molecular formula is C19H21ClN2O2. The Labute approximate surface area is 147 Å². The van der Waals surface area contributed by atoms with Gasteiger partial charge < -0.3 is 15.0 Å². The second kappa shape index (κ2) is 7.58. The number of benzene rings is 2. The lowest BCUT2D eigenvalue weighted by Gasteiger charge is -2.19. The molecule has 5 heteroatoms. The average molecular weight is 345 g/mol. The number of nitrogens with zero attached hydrogens (tertiary/aromatic N) is 1. The molecule has 24 heavy (non-hydrogen) atoms. The van der Waals surface area contributed by atoms with Gasteiger partial charge in [-0.15, -0.1) is 0 Å². The van der Waals surface area contributed by atoms with Gasteiger partial charge in [-0.2, -0.15) is 0 Å². The van der Waals surface area contributed by atoms with Crippen molar-refractivity contribution in [2.75, 3.05) is 31.6 Å². The number of para-hydroxylation sites is 1. The first-order valence-corrected chi connectivity index (χ1v) is 8.47. The third-order valence-electron chi connectivity index (χ3n) is 4.38. The molecule has 1 amide bonds. The van der Waals surface area contributed by atoms with Crippen molar-refractivity contribution in [3.05, 3.63) is 59.1 Å². The Kier molecular flexibility index (Phi) is 5.26. The normalized spacial score (nSPS) is 16.9. The molecule has 2 aromatic carbocycles. The lowest BCUT2D eigenvalue weighted by atomic mass is 10.1. The minimum atomic E-state index is -0.0857. The van der Waals surface area contributed by atoms with Crippen LogP contribution < -0.4 is 15.0 Å². The molecule has 1 N–H and O–H groups in total. The molecule has 1 aliphatic rings. The maximum absolute atomic E-state index is 12.4. The Balaban J connectivity index is 1.54. The number of ether oxygens (including phenoxy) is 1. The molecule has 0 bridgehead atoms. The molecule has 1 heterocycles. The summed E-state index contributed by atoms with van der Waals surface area (Å²) in [4.78, 5) is 14.7. The molecule has 3 rings (SSSR count). The molecule has 0 saturated carbocycles. The molecule has 2 aromatic rings. The molecule has 0 radical (unpaired) electrons. The number of hydrogen-bond acceptors (Lipinski definition) is 3. The lowest BCUT2D eigenvalue weighted by molar-refractivity contribution is 0.0945. The van der Waals surface area contributed by atoms with Crippen molar-refractivity contribution in [2.24, 2.45) is 5.92 Å². The van der Waals surface area contributed by atoms with Crippen molar-refractivity contribution < 1.29 is 9.53 Å². The summed E-state index contributed by atoms with van der Waals surface area (Å²) < 4.78 is 5.24. The van der Waals surface area contributed by atoms with Crippen molar-refractivity contribution in [1.82, 2.24) is 5.32 Å². The molecule has 126 valence electrons. The number of hydrogen-bond donors (Lipinski definition) is 1. The van der Waals surface area contributed by atoms with Crippen molar-refractivity contribution >= 4 is 23.2 Å². The van der Waals surface area contributed by atoms with Crippen LogP contribution in [0.5, 0.6) is 5.75 Å². The lowest BCUT2D eigenvalue weighted by Crippen LogP contribution is -2.31. The minimum absolute atomic E-state index is 0.0857. The molecule has 1 atom stereocenters. The first-order chi connectivity index (χ1) is 11.7. The number of methoxy groups -OCH3 is 1. The molecule has 0 aromatic heterocycles. The average Bonchev–Trinajstić information content (AvgIpc) is 3.09. The minimum Gasteiger partial charge on any atom is -0.496 e. The predicted molar refractivity (Wildman–Crippen MR) is 97.1 cm³/mol. The number of anilines is 1. The van der Waals surface area contributed by atoms with Gasteiger partial charge in [0.25, 0.3) is 5.91 Å². The standard InChI is InChI=1S/C19H21ClN2O2/c1-24-18-5-3-2-4-17(18)19(23)21-12-14-10-11-22(13-14)16-8-6-15(20)7-9-16/h2-9,14H,10-13H2,1H3,(H,21,23). The van der Waals surface area contributed by atoms with Crippen LogP contribution in [0.15, 0.2) is 48.5 Å². The molecule has 1 saturated heterocycles. The van der Waals surface area contributed by atoms with Gasteiger partial charge in [0, 0.05) is 30.3 Å². The summed E-state index contributed by atoms with van der Waals surface area (Å²) in [6.07, 6.45) is 1.06. The highest BCUT2D eigenvalue weighted by molar-refractivity contribution is 6.30. The predicted octanol–water partition coefficient (Wildman–Crippen LogP) is 3.60. The molecule has 1 fully saturated rings. The first kappa shape index (κ1) is 16.7. The van der Waals surface area contributed by atoms with Crippen LogP contribution in [-0.4, -0.2) is 32.7 Å². The van der Waals surface area contributed by atoms with Crippen LogP contribution in [0, 0.1) is 5.92 Å². The van der Waals surface area contributed by atoms with E-state index in [2.05, 4.69) is 10.2 Å². The van der Waals surface area contributed by atoms with E-state index in [9.17, 15) is 4.79 Å². The number of halogens is 1. The van der Waals surface area contributed by atoms with Crippen LogP contribution in [0.4, 0.5) is 5.69 Å². The van der Waals surface area contributed by atoms with Gasteiger partial charge in [0.2, 0.25) is 0 Å². The summed E-state index contributed by atoms with van der Waals surface area (Å²) in [6, 6.07) is 15.2. The van der Waals surface area contributed by atoms with E-state index in [0.29, 0.717) is 23.8 Å². The van der Waals surface area contributed by atoms with E-state index < -0.39 is 0 Å². The first-order valence-electron chi connectivity index (χ1n) is 8.09. The van der Waals surface area contributed by atoms with Gasteiger partial charge in [0.1, 0.15) is 5.75 Å². The summed E-state index contributed by atoms with van der Waals surface area (Å²) in [7, 11) is 1.58. The third-order valence-corrected chi connectivity index (χ3v) is 4.63. The van der Waals surface area contributed by atoms with Crippen molar-refractivity contribution in [1.29, 1.82) is 0 Å².